The molecule has 0 aliphatic carbocycles. The highest BCUT2D eigenvalue weighted by molar-refractivity contribution is 6.07. The first-order valence-electron chi connectivity index (χ1n) is 8.31. The molecule has 154 valence electrons. The van der Waals surface area contributed by atoms with Gasteiger partial charge in [0, 0.05) is 5.56 Å². The predicted molar refractivity (Wildman–Crippen MR) is 101 cm³/mol. The maximum Gasteiger partial charge on any atom is 0.416 e. The Morgan fingerprint density at radius 3 is 1.97 bits per heavy atom. The number of nitrogen functional groups attached to an aromatic ring is 1. The summed E-state index contributed by atoms with van der Waals surface area (Å²) in [6.45, 7) is 0. The van der Waals surface area contributed by atoms with Crippen molar-refractivity contribution in [1.82, 2.24) is 4.98 Å². The van der Waals surface area contributed by atoms with Gasteiger partial charge in [0.1, 0.15) is 16.9 Å². The van der Waals surface area contributed by atoms with E-state index in [0.29, 0.717) is 5.56 Å². The van der Waals surface area contributed by atoms with Crippen LogP contribution < -0.4 is 11.3 Å². The topological polar surface area (TPSA) is 133 Å². The van der Waals surface area contributed by atoms with Gasteiger partial charge < -0.3 is 20.9 Å². The number of alkyl halides is 3. The second-order valence-corrected chi connectivity index (χ2v) is 6.26. The minimum Gasteiger partial charge on any atom is -0.478 e. The normalized spacial score (nSPS) is 11.3. The van der Waals surface area contributed by atoms with E-state index in [1.807, 2.05) is 4.98 Å². The number of carboxylic acid groups (broad SMARTS) is 2. The Labute approximate surface area is 166 Å². The van der Waals surface area contributed by atoms with Gasteiger partial charge in [-0.05, 0) is 28.8 Å². The maximum absolute atomic E-state index is 12.9. The third-order valence-electron chi connectivity index (χ3n) is 4.37. The monoisotopic (exact) mass is 418 g/mol. The number of anilines is 1. The summed E-state index contributed by atoms with van der Waals surface area (Å²) in [7, 11) is 0. The van der Waals surface area contributed by atoms with E-state index in [9.17, 15) is 37.8 Å². The highest BCUT2D eigenvalue weighted by Crippen LogP contribution is 2.34. The number of rotatable bonds is 4. The average molecular weight is 418 g/mol. The molecule has 3 rings (SSSR count). The van der Waals surface area contributed by atoms with Crippen LogP contribution in [0.1, 0.15) is 26.3 Å². The van der Waals surface area contributed by atoms with Gasteiger partial charge in [-0.2, -0.15) is 13.2 Å². The third-order valence-corrected chi connectivity index (χ3v) is 4.37. The number of aromatic nitrogens is 1. The van der Waals surface area contributed by atoms with E-state index in [4.69, 9.17) is 5.73 Å². The minimum atomic E-state index is -4.52. The van der Waals surface area contributed by atoms with Crippen molar-refractivity contribution in [2.45, 2.75) is 6.18 Å². The lowest BCUT2D eigenvalue weighted by Crippen LogP contribution is -2.24. The molecule has 0 saturated carbocycles. The van der Waals surface area contributed by atoms with Crippen LogP contribution in [0.3, 0.4) is 0 Å². The summed E-state index contributed by atoms with van der Waals surface area (Å²) >= 11 is 0. The van der Waals surface area contributed by atoms with Crippen molar-refractivity contribution in [3.63, 3.8) is 0 Å². The molecule has 0 radical (unpaired) electrons. The smallest absolute Gasteiger partial charge is 0.416 e. The van der Waals surface area contributed by atoms with E-state index in [-0.39, 0.29) is 11.1 Å². The summed E-state index contributed by atoms with van der Waals surface area (Å²) in [5.74, 6) is -3.73. The summed E-state index contributed by atoms with van der Waals surface area (Å²) < 4.78 is 38.8. The Morgan fingerprint density at radius 2 is 1.43 bits per heavy atom. The zero-order valence-corrected chi connectivity index (χ0v) is 14.9. The van der Waals surface area contributed by atoms with Crippen molar-refractivity contribution in [2.24, 2.45) is 0 Å². The first kappa shape index (κ1) is 20.6. The predicted octanol–water partition coefficient (Wildman–Crippen LogP) is 3.71. The first-order chi connectivity index (χ1) is 14.0. The van der Waals surface area contributed by atoms with Crippen LogP contribution in [-0.2, 0) is 6.18 Å². The Morgan fingerprint density at radius 1 is 0.867 bits per heavy atom. The number of halogens is 3. The van der Waals surface area contributed by atoms with Crippen LogP contribution >= 0.6 is 0 Å². The SMILES string of the molecule is Nc1[nH]c(=O)c(C(=O)O)c(-c2ccc(-c3cccc(C(F)(F)F)c3)cc2)c1C(=O)O. The van der Waals surface area contributed by atoms with Gasteiger partial charge in [0.2, 0.25) is 0 Å². The number of aromatic amines is 1. The van der Waals surface area contributed by atoms with Crippen LogP contribution in [0.4, 0.5) is 19.0 Å². The fraction of sp³-hybridized carbons (Fsp3) is 0.0500. The standard InChI is InChI=1S/C20H13F3N2O5/c21-20(22,23)12-3-1-2-11(8-12)9-4-6-10(7-5-9)13-14(18(27)28)16(24)25-17(26)15(13)19(29)30/h1-8H,(H,27,28)(H,29,30)(H3,24,25,26). The molecular weight excluding hydrogens is 405 g/mol. The minimum absolute atomic E-state index is 0.0540. The highest BCUT2D eigenvalue weighted by Gasteiger charge is 2.30. The van der Waals surface area contributed by atoms with Crippen molar-refractivity contribution < 1.29 is 33.0 Å². The van der Waals surface area contributed by atoms with Crippen LogP contribution in [0.25, 0.3) is 22.3 Å². The van der Waals surface area contributed by atoms with Gasteiger partial charge in [0.25, 0.3) is 5.56 Å². The van der Waals surface area contributed by atoms with E-state index in [0.717, 1.165) is 12.1 Å². The lowest BCUT2D eigenvalue weighted by Gasteiger charge is -2.13. The number of carboxylic acids is 2. The van der Waals surface area contributed by atoms with Gasteiger partial charge in [0.05, 0.1) is 5.56 Å². The van der Waals surface area contributed by atoms with Crippen LogP contribution in [-0.4, -0.2) is 27.1 Å². The molecule has 3 aromatic rings. The molecule has 0 aliphatic heterocycles. The van der Waals surface area contributed by atoms with E-state index in [2.05, 4.69) is 0 Å². The molecule has 30 heavy (non-hydrogen) atoms. The molecule has 7 nitrogen and oxygen atoms in total. The van der Waals surface area contributed by atoms with Crippen LogP contribution in [0, 0.1) is 0 Å². The van der Waals surface area contributed by atoms with E-state index < -0.39 is 51.7 Å². The Bertz CT molecular complexity index is 1210. The number of carbonyl (C=O) groups is 2. The molecule has 2 aromatic carbocycles. The molecule has 1 heterocycles. The van der Waals surface area contributed by atoms with Gasteiger partial charge in [-0.25, -0.2) is 9.59 Å². The number of H-pyrrole nitrogens is 1. The summed E-state index contributed by atoms with van der Waals surface area (Å²) in [6, 6.07) is 9.97. The second kappa shape index (κ2) is 7.39. The molecule has 0 fully saturated rings. The molecule has 1 aromatic heterocycles. The highest BCUT2D eigenvalue weighted by atomic mass is 19.4. The van der Waals surface area contributed by atoms with Crippen molar-refractivity contribution in [2.75, 3.05) is 5.73 Å². The van der Waals surface area contributed by atoms with Crippen molar-refractivity contribution in [3.8, 4) is 22.3 Å². The van der Waals surface area contributed by atoms with Gasteiger partial charge in [-0.1, -0.05) is 36.4 Å². The second-order valence-electron chi connectivity index (χ2n) is 6.26. The van der Waals surface area contributed by atoms with E-state index in [1.165, 1.54) is 36.4 Å². The van der Waals surface area contributed by atoms with Crippen LogP contribution in [0.5, 0.6) is 0 Å². The summed E-state index contributed by atoms with van der Waals surface area (Å²) in [5.41, 5.74) is 2.52. The van der Waals surface area contributed by atoms with Gasteiger partial charge >= 0.3 is 18.1 Å². The molecule has 0 saturated heterocycles. The number of benzene rings is 2. The quantitative estimate of drug-likeness (QED) is 0.511. The largest absolute Gasteiger partial charge is 0.478 e. The molecule has 0 spiro atoms. The summed E-state index contributed by atoms with van der Waals surface area (Å²) in [5, 5.41) is 18.8. The average Bonchev–Trinajstić information content (AvgIpc) is 2.66. The van der Waals surface area contributed by atoms with E-state index >= 15 is 0 Å². The number of nitrogens with two attached hydrogens (primary N) is 1. The lowest BCUT2D eigenvalue weighted by molar-refractivity contribution is -0.137. The number of hydrogen-bond acceptors (Lipinski definition) is 4. The van der Waals surface area contributed by atoms with Gasteiger partial charge in [0.15, 0.2) is 0 Å². The molecule has 0 unspecified atom stereocenters. The van der Waals surface area contributed by atoms with Crippen LogP contribution in [0.2, 0.25) is 0 Å². The molecule has 0 aliphatic rings. The summed E-state index contributed by atoms with van der Waals surface area (Å²) in [4.78, 5) is 37.2. The number of aromatic carboxylic acids is 2. The fourth-order valence-electron chi connectivity index (χ4n) is 3.04. The van der Waals surface area contributed by atoms with Gasteiger partial charge in [-0.3, -0.25) is 4.79 Å². The number of nitrogens with one attached hydrogen (secondary N) is 1. The molecule has 0 amide bonds. The van der Waals surface area contributed by atoms with Crippen LogP contribution in [0.15, 0.2) is 53.3 Å². The van der Waals surface area contributed by atoms with Crippen molar-refractivity contribution >= 4 is 17.8 Å². The molecule has 0 bridgehead atoms. The Kier molecular flexibility index (Phi) is 5.09. The van der Waals surface area contributed by atoms with Crippen molar-refractivity contribution in [3.05, 3.63) is 75.6 Å². The Hall–Kier alpha value is -4.08. The summed E-state index contributed by atoms with van der Waals surface area (Å²) in [6.07, 6.45) is -4.52. The molecule has 5 N–H and O–H groups in total. The van der Waals surface area contributed by atoms with Crippen molar-refractivity contribution in [1.29, 1.82) is 0 Å². The maximum atomic E-state index is 12.9. The lowest BCUT2D eigenvalue weighted by atomic mass is 9.93. The zero-order valence-electron chi connectivity index (χ0n) is 14.9. The van der Waals surface area contributed by atoms with E-state index in [1.54, 1.807) is 0 Å². The fourth-order valence-corrected chi connectivity index (χ4v) is 3.04. The Balaban J connectivity index is 2.18. The molecule has 0 atom stereocenters. The zero-order chi connectivity index (χ0) is 22.2. The van der Waals surface area contributed by atoms with Gasteiger partial charge in [-0.15, -0.1) is 0 Å². The molecule has 10 heteroatoms. The third kappa shape index (κ3) is 3.75. The number of hydrogen-bond donors (Lipinski definition) is 4. The molecular formula is C20H13F3N2O5. The number of pyridine rings is 1. The first-order valence-corrected chi connectivity index (χ1v) is 8.31.